The van der Waals surface area contributed by atoms with E-state index in [9.17, 15) is 14.4 Å². The topological polar surface area (TPSA) is 70.2 Å². The van der Waals surface area contributed by atoms with Crippen LogP contribution in [0.1, 0.15) is 10.4 Å². The predicted octanol–water partition coefficient (Wildman–Crippen LogP) is 1.75. The maximum Gasteiger partial charge on any atom is 0.260 e. The minimum absolute atomic E-state index is 0.0415. The molecule has 2 aromatic carbocycles. The van der Waals surface area contributed by atoms with Crippen molar-refractivity contribution in [2.24, 2.45) is 11.3 Å². The molecular weight excluding hydrogens is 394 g/mol. The lowest BCUT2D eigenvalue weighted by Crippen LogP contribution is -2.48. The van der Waals surface area contributed by atoms with Crippen molar-refractivity contribution in [1.29, 1.82) is 0 Å². The summed E-state index contributed by atoms with van der Waals surface area (Å²) in [4.78, 5) is 44.1. The highest BCUT2D eigenvalue weighted by Crippen LogP contribution is 2.44. The van der Waals surface area contributed by atoms with Crippen LogP contribution in [0.5, 0.6) is 5.75 Å². The van der Waals surface area contributed by atoms with Gasteiger partial charge in [0.1, 0.15) is 5.75 Å². The minimum atomic E-state index is -0.781. The molecule has 3 amide bonds. The molecule has 0 unspecified atom stereocenters. The summed E-state index contributed by atoms with van der Waals surface area (Å²) in [5.74, 6) is 0.265. The lowest BCUT2D eigenvalue weighted by molar-refractivity contribution is -0.140. The second kappa shape index (κ2) is 8.41. The van der Waals surface area contributed by atoms with Crippen molar-refractivity contribution in [3.63, 3.8) is 0 Å². The maximum atomic E-state index is 13.2. The summed E-state index contributed by atoms with van der Waals surface area (Å²) in [5, 5.41) is 0. The van der Waals surface area contributed by atoms with Crippen molar-refractivity contribution >= 4 is 17.7 Å². The predicted molar refractivity (Wildman–Crippen MR) is 115 cm³/mol. The first-order valence-electron chi connectivity index (χ1n) is 10.4. The van der Waals surface area contributed by atoms with Gasteiger partial charge in [0.2, 0.25) is 5.91 Å². The highest BCUT2D eigenvalue weighted by atomic mass is 16.5. The third-order valence-corrected chi connectivity index (χ3v) is 6.21. The van der Waals surface area contributed by atoms with Gasteiger partial charge in [-0.3, -0.25) is 14.4 Å². The molecule has 0 aliphatic carbocycles. The van der Waals surface area contributed by atoms with E-state index in [4.69, 9.17) is 4.74 Å². The smallest absolute Gasteiger partial charge is 0.260 e. The lowest BCUT2D eigenvalue weighted by atomic mass is 9.80. The van der Waals surface area contributed by atoms with E-state index in [1.54, 1.807) is 53.1 Å². The first-order valence-corrected chi connectivity index (χ1v) is 10.4. The van der Waals surface area contributed by atoms with Crippen LogP contribution in [0.3, 0.4) is 0 Å². The van der Waals surface area contributed by atoms with Crippen LogP contribution >= 0.6 is 0 Å². The number of benzene rings is 2. The molecule has 0 spiro atoms. The molecule has 2 aliphatic heterocycles. The molecule has 0 N–H and O–H groups in total. The molecule has 4 rings (SSSR count). The van der Waals surface area contributed by atoms with Gasteiger partial charge in [0.25, 0.3) is 11.8 Å². The fraction of sp³-hybridized carbons (Fsp3) is 0.375. The van der Waals surface area contributed by atoms with Gasteiger partial charge in [0.05, 0.1) is 5.41 Å². The molecule has 0 radical (unpaired) electrons. The molecular formula is C24H27N3O4. The maximum absolute atomic E-state index is 13.2. The van der Waals surface area contributed by atoms with E-state index >= 15 is 0 Å². The van der Waals surface area contributed by atoms with Crippen molar-refractivity contribution < 1.29 is 19.1 Å². The van der Waals surface area contributed by atoms with E-state index < -0.39 is 5.41 Å². The third kappa shape index (κ3) is 4.00. The fourth-order valence-corrected chi connectivity index (χ4v) is 4.67. The number of ether oxygens (including phenoxy) is 1. The Morgan fingerprint density at radius 2 is 1.52 bits per heavy atom. The van der Waals surface area contributed by atoms with Crippen LogP contribution < -0.4 is 4.74 Å². The van der Waals surface area contributed by atoms with E-state index in [1.165, 1.54) is 0 Å². The molecule has 2 saturated heterocycles. The number of hydrogen-bond acceptors (Lipinski definition) is 4. The molecule has 162 valence electrons. The summed E-state index contributed by atoms with van der Waals surface area (Å²) >= 11 is 0. The average molecular weight is 421 g/mol. The number of amides is 3. The number of carbonyl (C=O) groups is 3. The van der Waals surface area contributed by atoms with E-state index in [0.717, 1.165) is 0 Å². The zero-order valence-corrected chi connectivity index (χ0v) is 17.9. The number of carbonyl (C=O) groups excluding carboxylic acids is 3. The van der Waals surface area contributed by atoms with Gasteiger partial charge < -0.3 is 19.4 Å². The Labute approximate surface area is 182 Å². The summed E-state index contributed by atoms with van der Waals surface area (Å²) in [5.41, 5.74) is -0.171. The molecule has 2 atom stereocenters. The number of rotatable bonds is 5. The molecule has 7 heteroatoms. The zero-order valence-electron chi connectivity index (χ0n) is 17.9. The van der Waals surface area contributed by atoms with Crippen LogP contribution in [0.4, 0.5) is 0 Å². The highest BCUT2D eigenvalue weighted by molar-refractivity contribution is 5.96. The molecule has 2 aromatic rings. The Morgan fingerprint density at radius 3 is 2.16 bits per heavy atom. The van der Waals surface area contributed by atoms with Crippen molar-refractivity contribution in [2.45, 2.75) is 0 Å². The van der Waals surface area contributed by atoms with E-state index in [2.05, 4.69) is 0 Å². The average Bonchev–Trinajstić information content (AvgIpc) is 3.33. The van der Waals surface area contributed by atoms with E-state index in [1.807, 2.05) is 36.4 Å². The van der Waals surface area contributed by atoms with Gasteiger partial charge in [0, 0.05) is 51.8 Å². The van der Waals surface area contributed by atoms with Crippen molar-refractivity contribution in [3.8, 4) is 5.75 Å². The summed E-state index contributed by atoms with van der Waals surface area (Å²) in [6, 6.07) is 18.3. The fourth-order valence-electron chi connectivity index (χ4n) is 4.67. The first-order chi connectivity index (χ1) is 14.9. The van der Waals surface area contributed by atoms with Gasteiger partial charge in [-0.25, -0.2) is 0 Å². The lowest BCUT2D eigenvalue weighted by Gasteiger charge is -2.30. The molecule has 0 aromatic heterocycles. The number of hydrogen-bond donors (Lipinski definition) is 0. The van der Waals surface area contributed by atoms with E-state index in [0.29, 0.717) is 37.5 Å². The Kier molecular flexibility index (Phi) is 5.67. The van der Waals surface area contributed by atoms with Crippen molar-refractivity contribution in [2.75, 3.05) is 46.9 Å². The van der Waals surface area contributed by atoms with Crippen LogP contribution in [0.2, 0.25) is 0 Å². The summed E-state index contributed by atoms with van der Waals surface area (Å²) in [6.07, 6.45) is 0. The number of nitrogens with zero attached hydrogens (tertiary/aromatic N) is 3. The Balaban J connectivity index is 1.48. The molecule has 2 fully saturated rings. The summed E-state index contributed by atoms with van der Waals surface area (Å²) in [6.45, 7) is 1.43. The van der Waals surface area contributed by atoms with Crippen LogP contribution in [-0.4, -0.2) is 79.3 Å². The summed E-state index contributed by atoms with van der Waals surface area (Å²) < 4.78 is 5.61. The second-order valence-corrected chi connectivity index (χ2v) is 8.48. The molecule has 0 bridgehead atoms. The van der Waals surface area contributed by atoms with Crippen LogP contribution in [-0.2, 0) is 9.59 Å². The monoisotopic (exact) mass is 421 g/mol. The Morgan fingerprint density at radius 1 is 0.935 bits per heavy atom. The summed E-state index contributed by atoms with van der Waals surface area (Å²) in [7, 11) is 3.44. The van der Waals surface area contributed by atoms with E-state index in [-0.39, 0.29) is 30.2 Å². The largest absolute Gasteiger partial charge is 0.484 e. The van der Waals surface area contributed by atoms with Crippen molar-refractivity contribution in [3.05, 3.63) is 66.2 Å². The van der Waals surface area contributed by atoms with Crippen LogP contribution in [0.25, 0.3) is 0 Å². The van der Waals surface area contributed by atoms with Gasteiger partial charge in [-0.05, 0) is 24.3 Å². The molecule has 7 nitrogen and oxygen atoms in total. The molecule has 2 heterocycles. The zero-order chi connectivity index (χ0) is 22.0. The minimum Gasteiger partial charge on any atom is -0.484 e. The van der Waals surface area contributed by atoms with Gasteiger partial charge in [-0.15, -0.1) is 0 Å². The number of fused-ring (bicyclic) bond motifs is 1. The number of likely N-dealkylation sites (tertiary alicyclic amines) is 2. The Bertz CT molecular complexity index is 963. The van der Waals surface area contributed by atoms with Crippen LogP contribution in [0.15, 0.2) is 60.7 Å². The normalized spacial score (nSPS) is 22.2. The third-order valence-electron chi connectivity index (χ3n) is 6.21. The first kappa shape index (κ1) is 20.9. The standard InChI is InChI=1S/C24H27N3O4/c1-25(2)23(30)24-16-26(21(28)15-31-20-11-7-4-8-12-20)13-19(24)14-27(17-24)22(29)18-9-5-3-6-10-18/h3-12,19H,13-17H2,1-2H3/t19-,24-/m1/s1. The van der Waals surface area contributed by atoms with Crippen molar-refractivity contribution in [1.82, 2.24) is 14.7 Å². The molecule has 31 heavy (non-hydrogen) atoms. The van der Waals surface area contributed by atoms with Crippen LogP contribution in [0, 0.1) is 11.3 Å². The quantitative estimate of drug-likeness (QED) is 0.738. The van der Waals surface area contributed by atoms with Gasteiger partial charge >= 0.3 is 0 Å². The SMILES string of the molecule is CN(C)C(=O)[C@@]12CN(C(=O)COc3ccccc3)C[C@@H]1CN(C(=O)c1ccccc1)C2. The van der Waals surface area contributed by atoms with Gasteiger partial charge in [0.15, 0.2) is 6.61 Å². The molecule has 0 saturated carbocycles. The molecule has 2 aliphatic rings. The second-order valence-electron chi connectivity index (χ2n) is 8.48. The Hall–Kier alpha value is -3.35. The van der Waals surface area contributed by atoms with Gasteiger partial charge in [-0.2, -0.15) is 0 Å². The number of para-hydroxylation sites is 1. The van der Waals surface area contributed by atoms with Gasteiger partial charge in [-0.1, -0.05) is 36.4 Å². The highest BCUT2D eigenvalue weighted by Gasteiger charge is 2.59.